The molecule has 1 rings (SSSR count). The Morgan fingerprint density at radius 2 is 2.20 bits per heavy atom. The van der Waals surface area contributed by atoms with Crippen molar-refractivity contribution in [3.8, 4) is 0 Å². The van der Waals surface area contributed by atoms with E-state index in [4.69, 9.17) is 10.8 Å². The van der Waals surface area contributed by atoms with Gasteiger partial charge >= 0.3 is 0 Å². The molecule has 0 aromatic heterocycles. The number of rotatable bonds is 4. The molecular weight excluding hydrogens is 126 g/mol. The lowest BCUT2D eigenvalue weighted by molar-refractivity contribution is 0.165. The van der Waals surface area contributed by atoms with Crippen LogP contribution >= 0.6 is 0 Å². The van der Waals surface area contributed by atoms with Gasteiger partial charge in [-0.3, -0.25) is 0 Å². The van der Waals surface area contributed by atoms with Crippen LogP contribution < -0.4 is 5.73 Å². The standard InChI is InChI=1S/C8H17NO/c9-6-8(4-5-10)7-2-1-3-7/h7-8,10H,1-6,9H2. The highest BCUT2D eigenvalue weighted by atomic mass is 16.3. The van der Waals surface area contributed by atoms with Crippen LogP contribution in [-0.4, -0.2) is 18.3 Å². The van der Waals surface area contributed by atoms with E-state index < -0.39 is 0 Å². The van der Waals surface area contributed by atoms with Crippen LogP contribution in [-0.2, 0) is 0 Å². The van der Waals surface area contributed by atoms with Gasteiger partial charge in [-0.2, -0.15) is 0 Å². The van der Waals surface area contributed by atoms with E-state index in [0.717, 1.165) is 18.9 Å². The molecule has 1 atom stereocenters. The maximum absolute atomic E-state index is 8.68. The minimum Gasteiger partial charge on any atom is -0.396 e. The average Bonchev–Trinajstić information content (AvgIpc) is 1.83. The molecule has 0 radical (unpaired) electrons. The fourth-order valence-electron chi connectivity index (χ4n) is 1.62. The molecular formula is C8H17NO. The lowest BCUT2D eigenvalue weighted by atomic mass is 9.75. The minimum atomic E-state index is 0.304. The molecule has 0 saturated heterocycles. The van der Waals surface area contributed by atoms with Crippen molar-refractivity contribution in [2.45, 2.75) is 25.7 Å². The third kappa shape index (κ3) is 1.70. The summed E-state index contributed by atoms with van der Waals surface area (Å²) in [6.45, 7) is 1.06. The molecule has 2 nitrogen and oxygen atoms in total. The highest BCUT2D eigenvalue weighted by Crippen LogP contribution is 2.34. The summed E-state index contributed by atoms with van der Waals surface area (Å²) in [5.74, 6) is 1.43. The van der Waals surface area contributed by atoms with Crippen molar-refractivity contribution in [3.63, 3.8) is 0 Å². The smallest absolute Gasteiger partial charge is 0.0434 e. The van der Waals surface area contributed by atoms with E-state index in [1.165, 1.54) is 19.3 Å². The van der Waals surface area contributed by atoms with Crippen LogP contribution in [0, 0.1) is 11.8 Å². The molecule has 0 aliphatic heterocycles. The van der Waals surface area contributed by atoms with E-state index in [0.29, 0.717) is 12.5 Å². The molecule has 1 saturated carbocycles. The van der Waals surface area contributed by atoms with Gasteiger partial charge in [0.15, 0.2) is 0 Å². The molecule has 10 heavy (non-hydrogen) atoms. The first-order valence-electron chi connectivity index (χ1n) is 4.19. The van der Waals surface area contributed by atoms with Gasteiger partial charge in [-0.1, -0.05) is 19.3 Å². The van der Waals surface area contributed by atoms with Gasteiger partial charge in [-0.25, -0.2) is 0 Å². The van der Waals surface area contributed by atoms with Gasteiger partial charge in [-0.15, -0.1) is 0 Å². The summed E-state index contributed by atoms with van der Waals surface area (Å²) in [5.41, 5.74) is 5.56. The van der Waals surface area contributed by atoms with Gasteiger partial charge in [-0.05, 0) is 24.8 Å². The van der Waals surface area contributed by atoms with Crippen LogP contribution in [0.5, 0.6) is 0 Å². The van der Waals surface area contributed by atoms with Crippen molar-refractivity contribution in [1.82, 2.24) is 0 Å². The van der Waals surface area contributed by atoms with E-state index in [-0.39, 0.29) is 0 Å². The van der Waals surface area contributed by atoms with Gasteiger partial charge in [0.25, 0.3) is 0 Å². The van der Waals surface area contributed by atoms with E-state index in [2.05, 4.69) is 0 Å². The number of hydrogen-bond donors (Lipinski definition) is 2. The Morgan fingerprint density at radius 3 is 2.50 bits per heavy atom. The first-order valence-corrected chi connectivity index (χ1v) is 4.19. The van der Waals surface area contributed by atoms with Gasteiger partial charge in [0.05, 0.1) is 0 Å². The monoisotopic (exact) mass is 143 g/mol. The molecule has 0 spiro atoms. The average molecular weight is 143 g/mol. The molecule has 1 unspecified atom stereocenters. The van der Waals surface area contributed by atoms with Crippen molar-refractivity contribution in [2.75, 3.05) is 13.2 Å². The first kappa shape index (κ1) is 8.02. The summed E-state index contributed by atoms with van der Waals surface area (Å²) in [5, 5.41) is 8.68. The largest absolute Gasteiger partial charge is 0.396 e. The van der Waals surface area contributed by atoms with Gasteiger partial charge < -0.3 is 10.8 Å². The summed E-state index contributed by atoms with van der Waals surface area (Å²) in [4.78, 5) is 0. The molecule has 1 aliphatic rings. The van der Waals surface area contributed by atoms with Crippen molar-refractivity contribution in [1.29, 1.82) is 0 Å². The van der Waals surface area contributed by atoms with Crippen LogP contribution in [0.3, 0.4) is 0 Å². The van der Waals surface area contributed by atoms with Crippen molar-refractivity contribution >= 4 is 0 Å². The summed E-state index contributed by atoms with van der Waals surface area (Å²) < 4.78 is 0. The molecule has 0 heterocycles. The second kappa shape index (κ2) is 3.94. The van der Waals surface area contributed by atoms with Crippen LogP contribution in [0.4, 0.5) is 0 Å². The molecule has 3 N–H and O–H groups in total. The quantitative estimate of drug-likeness (QED) is 0.610. The Labute approximate surface area is 62.4 Å². The normalized spacial score (nSPS) is 22.2. The SMILES string of the molecule is NCC(CCO)C1CCC1. The van der Waals surface area contributed by atoms with E-state index in [9.17, 15) is 0 Å². The molecule has 0 aromatic rings. The zero-order valence-electron chi connectivity index (χ0n) is 6.42. The zero-order valence-corrected chi connectivity index (χ0v) is 6.42. The Morgan fingerprint density at radius 1 is 1.50 bits per heavy atom. The van der Waals surface area contributed by atoms with E-state index in [1.54, 1.807) is 0 Å². The minimum absolute atomic E-state index is 0.304. The van der Waals surface area contributed by atoms with Crippen molar-refractivity contribution < 1.29 is 5.11 Å². The second-order valence-electron chi connectivity index (χ2n) is 3.20. The zero-order chi connectivity index (χ0) is 7.40. The Balaban J connectivity index is 2.17. The number of aliphatic hydroxyl groups excluding tert-OH is 1. The Hall–Kier alpha value is -0.0800. The number of aliphatic hydroxyl groups is 1. The summed E-state index contributed by atoms with van der Waals surface area (Å²) in [6.07, 6.45) is 4.94. The van der Waals surface area contributed by atoms with Crippen molar-refractivity contribution in [2.24, 2.45) is 17.6 Å². The Bertz CT molecular complexity index is 91.3. The first-order chi connectivity index (χ1) is 4.88. The topological polar surface area (TPSA) is 46.2 Å². The lowest BCUT2D eigenvalue weighted by Gasteiger charge is -2.32. The van der Waals surface area contributed by atoms with Crippen LogP contribution in [0.25, 0.3) is 0 Å². The van der Waals surface area contributed by atoms with E-state index in [1.807, 2.05) is 0 Å². The number of nitrogens with two attached hydrogens (primary N) is 1. The third-order valence-electron chi connectivity index (χ3n) is 2.62. The highest BCUT2D eigenvalue weighted by Gasteiger charge is 2.25. The molecule has 0 amide bonds. The highest BCUT2D eigenvalue weighted by molar-refractivity contribution is 4.77. The fraction of sp³-hybridized carbons (Fsp3) is 1.00. The predicted molar refractivity (Wildman–Crippen MR) is 41.6 cm³/mol. The lowest BCUT2D eigenvalue weighted by Crippen LogP contribution is -2.29. The van der Waals surface area contributed by atoms with Gasteiger partial charge in [0, 0.05) is 6.61 Å². The number of hydrogen-bond acceptors (Lipinski definition) is 2. The summed E-state index contributed by atoms with van der Waals surface area (Å²) in [7, 11) is 0. The third-order valence-corrected chi connectivity index (χ3v) is 2.62. The molecule has 0 bridgehead atoms. The fourth-order valence-corrected chi connectivity index (χ4v) is 1.62. The Kier molecular flexibility index (Phi) is 3.16. The van der Waals surface area contributed by atoms with Crippen LogP contribution in [0.1, 0.15) is 25.7 Å². The summed E-state index contributed by atoms with van der Waals surface area (Å²) >= 11 is 0. The molecule has 60 valence electrons. The molecule has 2 heteroatoms. The molecule has 0 aromatic carbocycles. The van der Waals surface area contributed by atoms with Gasteiger partial charge in [0.2, 0.25) is 0 Å². The van der Waals surface area contributed by atoms with Crippen molar-refractivity contribution in [3.05, 3.63) is 0 Å². The molecule has 1 fully saturated rings. The predicted octanol–water partition coefficient (Wildman–Crippen LogP) is 0.744. The van der Waals surface area contributed by atoms with E-state index >= 15 is 0 Å². The van der Waals surface area contributed by atoms with Gasteiger partial charge in [0.1, 0.15) is 0 Å². The maximum Gasteiger partial charge on any atom is 0.0434 e. The maximum atomic E-state index is 8.68. The second-order valence-corrected chi connectivity index (χ2v) is 3.20. The van der Waals surface area contributed by atoms with Crippen LogP contribution in [0.2, 0.25) is 0 Å². The molecule has 1 aliphatic carbocycles. The summed E-state index contributed by atoms with van der Waals surface area (Å²) in [6, 6.07) is 0. The van der Waals surface area contributed by atoms with Crippen LogP contribution in [0.15, 0.2) is 0 Å².